The zero-order valence-corrected chi connectivity index (χ0v) is 18.7. The molecule has 2 aliphatic rings. The Kier molecular flexibility index (Phi) is 5.97. The Morgan fingerprint density at radius 3 is 2.44 bits per heavy atom. The number of nitrogens with zero attached hydrogens (tertiary/aromatic N) is 5. The van der Waals surface area contributed by atoms with Crippen LogP contribution in [0.3, 0.4) is 0 Å². The summed E-state index contributed by atoms with van der Waals surface area (Å²) < 4.78 is 26.0. The molecule has 1 fully saturated rings. The van der Waals surface area contributed by atoms with E-state index < -0.39 is 0 Å². The molecule has 34 heavy (non-hydrogen) atoms. The second-order valence-corrected chi connectivity index (χ2v) is 8.23. The van der Waals surface area contributed by atoms with Crippen molar-refractivity contribution in [2.45, 2.75) is 19.3 Å². The molecule has 3 heterocycles. The number of piperazine rings is 1. The van der Waals surface area contributed by atoms with Crippen molar-refractivity contribution in [3.63, 3.8) is 0 Å². The van der Waals surface area contributed by atoms with Gasteiger partial charge < -0.3 is 19.3 Å². The number of fused-ring (bicyclic) bond motifs is 1. The van der Waals surface area contributed by atoms with Crippen molar-refractivity contribution in [2.24, 2.45) is 0 Å². The second kappa shape index (κ2) is 9.22. The lowest BCUT2D eigenvalue weighted by molar-refractivity contribution is -0.00206. The molecule has 0 radical (unpaired) electrons. The minimum absolute atomic E-state index is 0.0905. The highest BCUT2D eigenvalue weighted by molar-refractivity contribution is 5.95. The maximum absolute atomic E-state index is 13.2. The Labute approximate surface area is 195 Å². The highest BCUT2D eigenvalue weighted by Crippen LogP contribution is 2.27. The van der Waals surface area contributed by atoms with Crippen LogP contribution in [-0.2, 0) is 17.9 Å². The number of benzene rings is 2. The van der Waals surface area contributed by atoms with Crippen LogP contribution in [-0.4, -0.2) is 69.9 Å². The minimum Gasteiger partial charge on any atom is -0.497 e. The molecule has 2 aromatic carbocycles. The third kappa shape index (κ3) is 4.24. The SMILES string of the molecule is COc1cccc(C(=O)N2CCN(C(=O)c3nnn4c3COC(c3ccc(F)cc3)C4)CC2)c1. The van der Waals surface area contributed by atoms with E-state index in [1.807, 2.05) is 0 Å². The Bertz CT molecular complexity index is 1200. The summed E-state index contributed by atoms with van der Waals surface area (Å²) in [5, 5.41) is 8.28. The van der Waals surface area contributed by atoms with Crippen molar-refractivity contribution in [1.29, 1.82) is 0 Å². The van der Waals surface area contributed by atoms with Gasteiger partial charge in [-0.2, -0.15) is 0 Å². The molecule has 0 bridgehead atoms. The molecule has 2 aliphatic heterocycles. The lowest BCUT2D eigenvalue weighted by Gasteiger charge is -2.34. The number of carbonyl (C=O) groups is 2. The monoisotopic (exact) mass is 465 g/mol. The lowest BCUT2D eigenvalue weighted by atomic mass is 10.1. The molecule has 5 rings (SSSR count). The van der Waals surface area contributed by atoms with Gasteiger partial charge >= 0.3 is 0 Å². The molecular weight excluding hydrogens is 441 g/mol. The van der Waals surface area contributed by atoms with Crippen molar-refractivity contribution in [3.8, 4) is 5.75 Å². The molecule has 3 aromatic rings. The first-order valence-electron chi connectivity index (χ1n) is 11.1. The average Bonchev–Trinajstić information content (AvgIpc) is 3.31. The van der Waals surface area contributed by atoms with Gasteiger partial charge in [0, 0.05) is 31.7 Å². The Hall–Kier alpha value is -3.79. The molecule has 10 heteroatoms. The number of ether oxygens (including phenoxy) is 2. The van der Waals surface area contributed by atoms with Gasteiger partial charge in [-0.25, -0.2) is 9.07 Å². The Morgan fingerprint density at radius 1 is 1.03 bits per heavy atom. The first-order chi connectivity index (χ1) is 16.5. The molecule has 0 aliphatic carbocycles. The van der Waals surface area contributed by atoms with Crippen molar-refractivity contribution in [3.05, 3.63) is 76.9 Å². The van der Waals surface area contributed by atoms with Gasteiger partial charge in [0.2, 0.25) is 0 Å². The van der Waals surface area contributed by atoms with E-state index in [9.17, 15) is 14.0 Å². The summed E-state index contributed by atoms with van der Waals surface area (Å²) in [6.45, 7) is 2.23. The normalized spacial score (nSPS) is 17.9. The molecule has 0 N–H and O–H groups in total. The predicted molar refractivity (Wildman–Crippen MR) is 119 cm³/mol. The van der Waals surface area contributed by atoms with E-state index >= 15 is 0 Å². The van der Waals surface area contributed by atoms with Crippen LogP contribution in [0.4, 0.5) is 4.39 Å². The summed E-state index contributed by atoms with van der Waals surface area (Å²) in [5.74, 6) is 0.00520. The first-order valence-corrected chi connectivity index (χ1v) is 11.1. The fraction of sp³-hybridized carbons (Fsp3) is 0.333. The average molecular weight is 465 g/mol. The van der Waals surface area contributed by atoms with Crippen molar-refractivity contribution in [2.75, 3.05) is 33.3 Å². The fourth-order valence-electron chi connectivity index (χ4n) is 4.26. The molecule has 176 valence electrons. The fourth-order valence-corrected chi connectivity index (χ4v) is 4.26. The number of hydrogen-bond donors (Lipinski definition) is 0. The summed E-state index contributed by atoms with van der Waals surface area (Å²) in [4.78, 5) is 29.4. The zero-order chi connectivity index (χ0) is 23.7. The third-order valence-electron chi connectivity index (χ3n) is 6.21. The van der Waals surface area contributed by atoms with Crippen LogP contribution < -0.4 is 4.74 Å². The van der Waals surface area contributed by atoms with Gasteiger partial charge in [0.15, 0.2) is 5.69 Å². The number of halogens is 1. The number of carbonyl (C=O) groups excluding carboxylic acids is 2. The molecule has 0 spiro atoms. The van der Waals surface area contributed by atoms with Gasteiger partial charge in [-0.3, -0.25) is 9.59 Å². The zero-order valence-electron chi connectivity index (χ0n) is 18.7. The van der Waals surface area contributed by atoms with E-state index in [1.165, 1.54) is 12.1 Å². The number of amides is 2. The van der Waals surface area contributed by atoms with Crippen LogP contribution in [0.1, 0.15) is 38.2 Å². The summed E-state index contributed by atoms with van der Waals surface area (Å²) in [5.41, 5.74) is 2.29. The maximum atomic E-state index is 13.2. The van der Waals surface area contributed by atoms with Crippen LogP contribution in [0, 0.1) is 5.82 Å². The summed E-state index contributed by atoms with van der Waals surface area (Å²) >= 11 is 0. The second-order valence-electron chi connectivity index (χ2n) is 8.23. The standard InChI is InChI=1S/C24H24FN5O4/c1-33-19-4-2-3-17(13-19)23(31)28-9-11-29(12-10-28)24(32)22-20-15-34-21(14-30(20)27-26-22)16-5-7-18(25)8-6-16/h2-8,13,21H,9-12,14-15H2,1H3. The molecule has 1 atom stereocenters. The number of hydrogen-bond acceptors (Lipinski definition) is 6. The Morgan fingerprint density at radius 2 is 1.74 bits per heavy atom. The maximum Gasteiger partial charge on any atom is 0.276 e. The van der Waals surface area contributed by atoms with Crippen LogP contribution in [0.15, 0.2) is 48.5 Å². The summed E-state index contributed by atoms with van der Waals surface area (Å²) in [6, 6.07) is 13.2. The Balaban J connectivity index is 1.22. The number of aromatic nitrogens is 3. The summed E-state index contributed by atoms with van der Waals surface area (Å²) in [6.07, 6.45) is -0.288. The van der Waals surface area contributed by atoms with Crippen molar-refractivity contribution in [1.82, 2.24) is 24.8 Å². The molecule has 2 amide bonds. The van der Waals surface area contributed by atoms with Crippen molar-refractivity contribution < 1.29 is 23.5 Å². The van der Waals surface area contributed by atoms with E-state index in [4.69, 9.17) is 9.47 Å². The molecule has 0 saturated carbocycles. The van der Waals surface area contributed by atoms with Gasteiger partial charge in [0.05, 0.1) is 26.0 Å². The summed E-state index contributed by atoms with van der Waals surface area (Å²) in [7, 11) is 1.56. The van der Waals surface area contributed by atoms with Crippen LogP contribution >= 0.6 is 0 Å². The van der Waals surface area contributed by atoms with Gasteiger partial charge in [-0.1, -0.05) is 23.4 Å². The minimum atomic E-state index is -0.306. The van der Waals surface area contributed by atoms with Crippen LogP contribution in [0.5, 0.6) is 5.75 Å². The lowest BCUT2D eigenvalue weighted by Crippen LogP contribution is -2.50. The van der Waals surface area contributed by atoms with E-state index in [0.29, 0.717) is 49.7 Å². The largest absolute Gasteiger partial charge is 0.497 e. The molecule has 9 nitrogen and oxygen atoms in total. The molecular formula is C24H24FN5O4. The first kappa shape index (κ1) is 22.0. The van der Waals surface area contributed by atoms with E-state index in [-0.39, 0.29) is 36.0 Å². The molecule has 1 saturated heterocycles. The number of methoxy groups -OCH3 is 1. The predicted octanol–water partition coefficient (Wildman–Crippen LogP) is 2.30. The highest BCUT2D eigenvalue weighted by atomic mass is 19.1. The smallest absolute Gasteiger partial charge is 0.276 e. The topological polar surface area (TPSA) is 89.8 Å². The third-order valence-corrected chi connectivity index (χ3v) is 6.21. The molecule has 1 aromatic heterocycles. The van der Waals surface area contributed by atoms with Gasteiger partial charge in [-0.15, -0.1) is 5.10 Å². The van der Waals surface area contributed by atoms with Gasteiger partial charge in [0.25, 0.3) is 11.8 Å². The van der Waals surface area contributed by atoms with Crippen molar-refractivity contribution >= 4 is 11.8 Å². The highest BCUT2D eigenvalue weighted by Gasteiger charge is 2.32. The van der Waals surface area contributed by atoms with E-state index in [0.717, 1.165) is 5.56 Å². The van der Waals surface area contributed by atoms with Crippen LogP contribution in [0.2, 0.25) is 0 Å². The molecule has 1 unspecified atom stereocenters. The van der Waals surface area contributed by atoms with Crippen LogP contribution in [0.25, 0.3) is 0 Å². The van der Waals surface area contributed by atoms with E-state index in [2.05, 4.69) is 10.3 Å². The number of rotatable bonds is 4. The van der Waals surface area contributed by atoms with Gasteiger partial charge in [0.1, 0.15) is 17.7 Å². The van der Waals surface area contributed by atoms with E-state index in [1.54, 1.807) is 58.0 Å². The van der Waals surface area contributed by atoms with Gasteiger partial charge in [-0.05, 0) is 35.9 Å². The quantitative estimate of drug-likeness (QED) is 0.588.